The van der Waals surface area contributed by atoms with Gasteiger partial charge in [0.1, 0.15) is 5.82 Å². The van der Waals surface area contributed by atoms with Crippen molar-refractivity contribution >= 4 is 17.4 Å². The average Bonchev–Trinajstić information content (AvgIpc) is 2.58. The van der Waals surface area contributed by atoms with Crippen LogP contribution in [0.25, 0.3) is 0 Å². The minimum atomic E-state index is 0.442. The standard InChI is InChI=1S/C17H21ClN4/c1-13(14-4-8-19-9-5-14)22-10-6-16(7-11-22)21-17-3-2-15(18)12-20-17/h2-5,8-9,12-13,16H,6-7,10-11H2,1H3,(H,20,21). The topological polar surface area (TPSA) is 41.1 Å². The molecule has 1 aliphatic heterocycles. The number of nitrogens with zero attached hydrogens (tertiary/aromatic N) is 3. The van der Waals surface area contributed by atoms with Crippen LogP contribution in [0.4, 0.5) is 5.82 Å². The second kappa shape index (κ2) is 7.07. The maximum atomic E-state index is 5.87. The predicted octanol–water partition coefficient (Wildman–Crippen LogP) is 3.77. The fourth-order valence-electron chi connectivity index (χ4n) is 2.95. The lowest BCUT2D eigenvalue weighted by molar-refractivity contribution is 0.167. The number of rotatable bonds is 4. The first kappa shape index (κ1) is 15.3. The minimum Gasteiger partial charge on any atom is -0.367 e. The molecule has 22 heavy (non-hydrogen) atoms. The highest BCUT2D eigenvalue weighted by molar-refractivity contribution is 6.30. The van der Waals surface area contributed by atoms with Gasteiger partial charge in [0, 0.05) is 43.8 Å². The number of hydrogen-bond acceptors (Lipinski definition) is 4. The molecular formula is C17H21ClN4. The van der Waals surface area contributed by atoms with Crippen LogP contribution in [0, 0.1) is 0 Å². The molecule has 4 nitrogen and oxygen atoms in total. The molecule has 0 saturated carbocycles. The number of likely N-dealkylation sites (tertiary alicyclic amines) is 1. The normalized spacial score (nSPS) is 18.1. The van der Waals surface area contributed by atoms with Crippen LogP contribution in [-0.2, 0) is 0 Å². The van der Waals surface area contributed by atoms with E-state index in [2.05, 4.69) is 39.2 Å². The van der Waals surface area contributed by atoms with E-state index in [0.717, 1.165) is 31.7 Å². The van der Waals surface area contributed by atoms with E-state index >= 15 is 0 Å². The molecule has 1 fully saturated rings. The SMILES string of the molecule is CC(c1ccncc1)N1CCC(Nc2ccc(Cl)cn2)CC1. The molecule has 1 N–H and O–H groups in total. The molecule has 2 aromatic rings. The van der Waals surface area contributed by atoms with Gasteiger partial charge >= 0.3 is 0 Å². The van der Waals surface area contributed by atoms with Gasteiger partial charge < -0.3 is 5.32 Å². The van der Waals surface area contributed by atoms with Gasteiger partial charge in [0.15, 0.2) is 0 Å². The van der Waals surface area contributed by atoms with Gasteiger partial charge in [-0.1, -0.05) is 11.6 Å². The quantitative estimate of drug-likeness (QED) is 0.932. The van der Waals surface area contributed by atoms with Crippen molar-refractivity contribution in [3.63, 3.8) is 0 Å². The van der Waals surface area contributed by atoms with Crippen molar-refractivity contribution in [2.45, 2.75) is 31.8 Å². The molecule has 2 aromatic heterocycles. The second-order valence-electron chi connectivity index (χ2n) is 5.77. The van der Waals surface area contributed by atoms with E-state index in [-0.39, 0.29) is 0 Å². The third-order valence-corrected chi connectivity index (χ3v) is 4.57. The van der Waals surface area contributed by atoms with Crippen LogP contribution in [0.1, 0.15) is 31.4 Å². The smallest absolute Gasteiger partial charge is 0.126 e. The second-order valence-corrected chi connectivity index (χ2v) is 6.21. The summed E-state index contributed by atoms with van der Waals surface area (Å²) in [6.45, 7) is 4.45. The Morgan fingerprint density at radius 2 is 1.91 bits per heavy atom. The number of halogens is 1. The molecule has 1 atom stereocenters. The fourth-order valence-corrected chi connectivity index (χ4v) is 3.07. The van der Waals surface area contributed by atoms with Crippen LogP contribution >= 0.6 is 11.6 Å². The summed E-state index contributed by atoms with van der Waals surface area (Å²) in [6.07, 6.45) is 7.67. The van der Waals surface area contributed by atoms with Crippen LogP contribution in [0.3, 0.4) is 0 Å². The van der Waals surface area contributed by atoms with Gasteiger partial charge in [0.25, 0.3) is 0 Å². The summed E-state index contributed by atoms with van der Waals surface area (Å²) < 4.78 is 0. The summed E-state index contributed by atoms with van der Waals surface area (Å²) in [5, 5.41) is 4.17. The highest BCUT2D eigenvalue weighted by Gasteiger charge is 2.23. The van der Waals surface area contributed by atoms with E-state index in [1.165, 1.54) is 5.56 Å². The molecule has 1 saturated heterocycles. The Balaban J connectivity index is 1.53. The highest BCUT2D eigenvalue weighted by atomic mass is 35.5. The molecule has 0 radical (unpaired) electrons. The minimum absolute atomic E-state index is 0.442. The maximum absolute atomic E-state index is 5.87. The van der Waals surface area contributed by atoms with Crippen molar-refractivity contribution in [1.29, 1.82) is 0 Å². The van der Waals surface area contributed by atoms with Gasteiger partial charge in [0.05, 0.1) is 5.02 Å². The Labute approximate surface area is 136 Å². The van der Waals surface area contributed by atoms with E-state index in [1.54, 1.807) is 6.20 Å². The lowest BCUT2D eigenvalue weighted by atomic mass is 10.0. The Hall–Kier alpha value is -1.65. The van der Waals surface area contributed by atoms with Gasteiger partial charge in [-0.05, 0) is 49.6 Å². The van der Waals surface area contributed by atoms with Crippen molar-refractivity contribution in [1.82, 2.24) is 14.9 Å². The molecule has 0 aromatic carbocycles. The molecule has 0 amide bonds. The summed E-state index contributed by atoms with van der Waals surface area (Å²) in [7, 11) is 0. The summed E-state index contributed by atoms with van der Waals surface area (Å²) >= 11 is 5.87. The third kappa shape index (κ3) is 3.76. The van der Waals surface area contributed by atoms with Gasteiger partial charge in [-0.25, -0.2) is 4.98 Å². The molecule has 0 bridgehead atoms. The number of nitrogens with one attached hydrogen (secondary N) is 1. The van der Waals surface area contributed by atoms with Crippen molar-refractivity contribution in [3.05, 3.63) is 53.4 Å². The van der Waals surface area contributed by atoms with Crippen molar-refractivity contribution < 1.29 is 0 Å². The van der Waals surface area contributed by atoms with Crippen LogP contribution in [0.2, 0.25) is 5.02 Å². The van der Waals surface area contributed by atoms with Gasteiger partial charge in [-0.3, -0.25) is 9.88 Å². The zero-order chi connectivity index (χ0) is 15.4. The number of hydrogen-bond donors (Lipinski definition) is 1. The van der Waals surface area contributed by atoms with E-state index in [4.69, 9.17) is 11.6 Å². The molecule has 0 aliphatic carbocycles. The molecule has 3 heterocycles. The lowest BCUT2D eigenvalue weighted by Gasteiger charge is -2.36. The highest BCUT2D eigenvalue weighted by Crippen LogP contribution is 2.25. The van der Waals surface area contributed by atoms with Crippen LogP contribution < -0.4 is 5.32 Å². The maximum Gasteiger partial charge on any atom is 0.126 e. The van der Waals surface area contributed by atoms with Gasteiger partial charge in [-0.15, -0.1) is 0 Å². The number of piperidine rings is 1. The summed E-state index contributed by atoms with van der Waals surface area (Å²) in [5.41, 5.74) is 1.33. The third-order valence-electron chi connectivity index (χ3n) is 4.35. The largest absolute Gasteiger partial charge is 0.367 e. The Morgan fingerprint density at radius 1 is 1.18 bits per heavy atom. The molecule has 1 unspecified atom stereocenters. The Bertz CT molecular complexity index is 579. The first-order valence-corrected chi connectivity index (χ1v) is 8.12. The van der Waals surface area contributed by atoms with E-state index in [1.807, 2.05) is 24.5 Å². The van der Waals surface area contributed by atoms with Gasteiger partial charge in [-0.2, -0.15) is 0 Å². The molecule has 116 valence electrons. The summed E-state index contributed by atoms with van der Waals surface area (Å²) in [6, 6.07) is 8.94. The Morgan fingerprint density at radius 3 is 2.55 bits per heavy atom. The summed E-state index contributed by atoms with van der Waals surface area (Å²) in [5.74, 6) is 0.907. The van der Waals surface area contributed by atoms with Crippen LogP contribution in [-0.4, -0.2) is 34.0 Å². The number of aromatic nitrogens is 2. The van der Waals surface area contributed by atoms with Crippen molar-refractivity contribution in [2.24, 2.45) is 0 Å². The predicted molar refractivity (Wildman–Crippen MR) is 90.1 cm³/mol. The zero-order valence-corrected chi connectivity index (χ0v) is 13.5. The van der Waals surface area contributed by atoms with E-state index in [0.29, 0.717) is 17.1 Å². The van der Waals surface area contributed by atoms with E-state index < -0.39 is 0 Å². The molecule has 5 heteroatoms. The van der Waals surface area contributed by atoms with E-state index in [9.17, 15) is 0 Å². The zero-order valence-electron chi connectivity index (χ0n) is 12.7. The van der Waals surface area contributed by atoms with Crippen LogP contribution in [0.5, 0.6) is 0 Å². The first-order valence-electron chi connectivity index (χ1n) is 7.74. The van der Waals surface area contributed by atoms with Crippen molar-refractivity contribution in [3.8, 4) is 0 Å². The molecule has 0 spiro atoms. The molecule has 3 rings (SSSR count). The van der Waals surface area contributed by atoms with Crippen LogP contribution in [0.15, 0.2) is 42.9 Å². The fraction of sp³-hybridized carbons (Fsp3) is 0.412. The molecule has 1 aliphatic rings. The number of pyridine rings is 2. The lowest BCUT2D eigenvalue weighted by Crippen LogP contribution is -2.40. The molecular weight excluding hydrogens is 296 g/mol. The van der Waals surface area contributed by atoms with Gasteiger partial charge in [0.2, 0.25) is 0 Å². The Kier molecular flexibility index (Phi) is 4.90. The summed E-state index contributed by atoms with van der Waals surface area (Å²) in [4.78, 5) is 10.9. The van der Waals surface area contributed by atoms with Crippen molar-refractivity contribution in [2.75, 3.05) is 18.4 Å². The first-order chi connectivity index (χ1) is 10.7. The average molecular weight is 317 g/mol. The number of anilines is 1. The monoisotopic (exact) mass is 316 g/mol.